The molecule has 3 N–H and O–H groups in total. The van der Waals surface area contributed by atoms with Gasteiger partial charge in [0.1, 0.15) is 18.0 Å². The van der Waals surface area contributed by atoms with Crippen LogP contribution in [0.3, 0.4) is 0 Å². The average molecular weight is 283 g/mol. The molecule has 1 amide bonds. The van der Waals surface area contributed by atoms with Gasteiger partial charge < -0.3 is 16.0 Å². The van der Waals surface area contributed by atoms with Gasteiger partial charge in [0.05, 0.1) is 0 Å². The topological polar surface area (TPSA) is 78.9 Å². The van der Waals surface area contributed by atoms with E-state index in [-0.39, 0.29) is 5.91 Å². The Labute approximate surface area is 123 Å². The molecule has 0 bridgehead atoms. The summed E-state index contributed by atoms with van der Waals surface area (Å²) in [6.45, 7) is 5.76. The first-order valence-electron chi connectivity index (χ1n) is 6.49. The van der Waals surface area contributed by atoms with Crippen molar-refractivity contribution in [2.24, 2.45) is 0 Å². The van der Waals surface area contributed by atoms with Crippen molar-refractivity contribution in [1.29, 1.82) is 0 Å². The minimum Gasteiger partial charge on any atom is -0.366 e. The average Bonchev–Trinajstić information content (AvgIpc) is 2.47. The molecule has 0 aliphatic rings. The van der Waals surface area contributed by atoms with Crippen LogP contribution in [-0.2, 0) is 4.79 Å². The second-order valence-electron chi connectivity index (χ2n) is 4.34. The molecule has 0 unspecified atom stereocenters. The van der Waals surface area contributed by atoms with Gasteiger partial charge in [0.15, 0.2) is 0 Å². The van der Waals surface area contributed by atoms with Crippen molar-refractivity contribution in [2.45, 2.75) is 6.92 Å². The first-order chi connectivity index (χ1) is 10.2. The molecule has 108 valence electrons. The SMILES string of the molecule is C=CCNc1cc(Nc2ccc(NC(C)=O)cc2)ncn1. The van der Waals surface area contributed by atoms with Crippen molar-refractivity contribution < 1.29 is 4.79 Å². The highest BCUT2D eigenvalue weighted by Crippen LogP contribution is 2.18. The minimum atomic E-state index is -0.0931. The van der Waals surface area contributed by atoms with E-state index in [4.69, 9.17) is 0 Å². The molecule has 0 fully saturated rings. The van der Waals surface area contributed by atoms with Crippen LogP contribution >= 0.6 is 0 Å². The maximum absolute atomic E-state index is 11.0. The van der Waals surface area contributed by atoms with Crippen LogP contribution in [0.1, 0.15) is 6.92 Å². The maximum Gasteiger partial charge on any atom is 0.221 e. The number of aromatic nitrogens is 2. The van der Waals surface area contributed by atoms with E-state index in [0.717, 1.165) is 17.2 Å². The van der Waals surface area contributed by atoms with Crippen molar-refractivity contribution in [3.63, 3.8) is 0 Å². The van der Waals surface area contributed by atoms with Gasteiger partial charge in [-0.25, -0.2) is 9.97 Å². The first-order valence-corrected chi connectivity index (χ1v) is 6.49. The summed E-state index contributed by atoms with van der Waals surface area (Å²) in [5, 5.41) is 8.98. The van der Waals surface area contributed by atoms with Crippen molar-refractivity contribution in [3.8, 4) is 0 Å². The van der Waals surface area contributed by atoms with E-state index in [1.54, 1.807) is 6.08 Å². The highest BCUT2D eigenvalue weighted by atomic mass is 16.1. The van der Waals surface area contributed by atoms with Crippen LogP contribution in [0.2, 0.25) is 0 Å². The molecule has 0 radical (unpaired) electrons. The summed E-state index contributed by atoms with van der Waals surface area (Å²) in [6.07, 6.45) is 3.25. The molecule has 0 aliphatic carbocycles. The van der Waals surface area contributed by atoms with Gasteiger partial charge in [-0.05, 0) is 24.3 Å². The van der Waals surface area contributed by atoms with Crippen LogP contribution in [0.15, 0.2) is 49.3 Å². The molecule has 0 aliphatic heterocycles. The van der Waals surface area contributed by atoms with Gasteiger partial charge in [0.2, 0.25) is 5.91 Å². The summed E-state index contributed by atoms with van der Waals surface area (Å²) in [7, 11) is 0. The molecule has 2 aromatic rings. The predicted molar refractivity (Wildman–Crippen MR) is 84.7 cm³/mol. The lowest BCUT2D eigenvalue weighted by Gasteiger charge is -2.08. The summed E-state index contributed by atoms with van der Waals surface area (Å²) in [5.41, 5.74) is 1.63. The molecule has 1 heterocycles. The molecule has 0 atom stereocenters. The van der Waals surface area contributed by atoms with Gasteiger partial charge in [-0.15, -0.1) is 6.58 Å². The molecular formula is C15H17N5O. The fourth-order valence-electron chi connectivity index (χ4n) is 1.69. The second kappa shape index (κ2) is 7.04. The Morgan fingerprint density at radius 1 is 1.19 bits per heavy atom. The second-order valence-corrected chi connectivity index (χ2v) is 4.34. The summed E-state index contributed by atoms with van der Waals surface area (Å²) < 4.78 is 0. The van der Waals surface area contributed by atoms with E-state index in [0.29, 0.717) is 12.4 Å². The highest BCUT2D eigenvalue weighted by molar-refractivity contribution is 5.88. The molecule has 0 saturated carbocycles. The molecule has 0 spiro atoms. The Hall–Kier alpha value is -2.89. The Kier molecular flexibility index (Phi) is 4.87. The zero-order valence-electron chi connectivity index (χ0n) is 11.8. The van der Waals surface area contributed by atoms with Crippen molar-refractivity contribution in [2.75, 3.05) is 22.5 Å². The Balaban J connectivity index is 2.03. The minimum absolute atomic E-state index is 0.0931. The number of carbonyl (C=O) groups excluding carboxylic acids is 1. The number of amides is 1. The number of carbonyl (C=O) groups is 1. The van der Waals surface area contributed by atoms with Gasteiger partial charge in [-0.1, -0.05) is 6.08 Å². The normalized spacial score (nSPS) is 9.76. The zero-order valence-corrected chi connectivity index (χ0v) is 11.8. The van der Waals surface area contributed by atoms with E-state index in [1.807, 2.05) is 30.3 Å². The summed E-state index contributed by atoms with van der Waals surface area (Å²) in [6, 6.07) is 9.18. The Bertz CT molecular complexity index is 624. The van der Waals surface area contributed by atoms with Crippen LogP contribution in [0.5, 0.6) is 0 Å². The zero-order chi connectivity index (χ0) is 15.1. The van der Waals surface area contributed by atoms with E-state index >= 15 is 0 Å². The highest BCUT2D eigenvalue weighted by Gasteiger charge is 2.00. The maximum atomic E-state index is 11.0. The number of nitrogens with one attached hydrogen (secondary N) is 3. The lowest BCUT2D eigenvalue weighted by molar-refractivity contribution is -0.114. The summed E-state index contributed by atoms with van der Waals surface area (Å²) in [4.78, 5) is 19.2. The van der Waals surface area contributed by atoms with E-state index in [1.165, 1.54) is 13.3 Å². The third-order valence-corrected chi connectivity index (χ3v) is 2.57. The molecular weight excluding hydrogens is 266 g/mol. The molecule has 1 aromatic carbocycles. The lowest BCUT2D eigenvalue weighted by Crippen LogP contribution is -2.05. The van der Waals surface area contributed by atoms with Crippen molar-refractivity contribution in [3.05, 3.63) is 49.3 Å². The Morgan fingerprint density at radius 3 is 2.52 bits per heavy atom. The number of anilines is 4. The van der Waals surface area contributed by atoms with Crippen LogP contribution in [0.4, 0.5) is 23.0 Å². The molecule has 6 nitrogen and oxygen atoms in total. The molecule has 1 aromatic heterocycles. The van der Waals surface area contributed by atoms with Crippen molar-refractivity contribution in [1.82, 2.24) is 9.97 Å². The van der Waals surface area contributed by atoms with Gasteiger partial charge in [0, 0.05) is 30.9 Å². The first kappa shape index (κ1) is 14.5. The monoisotopic (exact) mass is 283 g/mol. The van der Waals surface area contributed by atoms with Gasteiger partial charge in [-0.3, -0.25) is 4.79 Å². The standard InChI is InChI=1S/C15H17N5O/c1-3-8-16-14-9-15(18-10-17-14)20-13-6-4-12(5-7-13)19-11(2)21/h3-7,9-10H,1,8H2,2H3,(H,19,21)(H2,16,17,18,20). The van der Waals surface area contributed by atoms with Crippen LogP contribution < -0.4 is 16.0 Å². The lowest BCUT2D eigenvalue weighted by atomic mass is 10.2. The van der Waals surface area contributed by atoms with Gasteiger partial charge in [0.25, 0.3) is 0 Å². The number of benzene rings is 1. The van der Waals surface area contributed by atoms with E-state index in [9.17, 15) is 4.79 Å². The summed E-state index contributed by atoms with van der Waals surface area (Å²) in [5.74, 6) is 1.32. The van der Waals surface area contributed by atoms with Crippen LogP contribution in [0, 0.1) is 0 Å². The number of rotatable bonds is 6. The Morgan fingerprint density at radius 2 is 1.86 bits per heavy atom. The van der Waals surface area contributed by atoms with E-state index < -0.39 is 0 Å². The number of hydrogen-bond donors (Lipinski definition) is 3. The predicted octanol–water partition coefficient (Wildman–Crippen LogP) is 2.78. The van der Waals surface area contributed by atoms with E-state index in [2.05, 4.69) is 32.5 Å². The van der Waals surface area contributed by atoms with Crippen molar-refractivity contribution >= 4 is 28.9 Å². The van der Waals surface area contributed by atoms with Gasteiger partial charge >= 0.3 is 0 Å². The number of hydrogen-bond acceptors (Lipinski definition) is 5. The molecule has 2 rings (SSSR count). The fraction of sp³-hybridized carbons (Fsp3) is 0.133. The van der Waals surface area contributed by atoms with Crippen LogP contribution in [-0.4, -0.2) is 22.4 Å². The third kappa shape index (κ3) is 4.61. The van der Waals surface area contributed by atoms with Crippen LogP contribution in [0.25, 0.3) is 0 Å². The quantitative estimate of drug-likeness (QED) is 0.710. The third-order valence-electron chi connectivity index (χ3n) is 2.57. The molecule has 6 heteroatoms. The largest absolute Gasteiger partial charge is 0.366 e. The number of nitrogens with zero attached hydrogens (tertiary/aromatic N) is 2. The summed E-state index contributed by atoms with van der Waals surface area (Å²) >= 11 is 0. The van der Waals surface area contributed by atoms with Gasteiger partial charge in [-0.2, -0.15) is 0 Å². The smallest absolute Gasteiger partial charge is 0.221 e. The molecule has 21 heavy (non-hydrogen) atoms. The molecule has 0 saturated heterocycles. The fourth-order valence-corrected chi connectivity index (χ4v) is 1.69.